The van der Waals surface area contributed by atoms with Crippen molar-refractivity contribution in [3.63, 3.8) is 0 Å². The molecule has 0 bridgehead atoms. The van der Waals surface area contributed by atoms with Crippen LogP contribution in [0.1, 0.15) is 13.8 Å². The zero-order valence-corrected chi connectivity index (χ0v) is 5.89. The lowest BCUT2D eigenvalue weighted by molar-refractivity contribution is 0.0529. The summed E-state index contributed by atoms with van der Waals surface area (Å²) in [6.45, 7) is 2.53. The minimum Gasteiger partial charge on any atom is -0.424 e. The molecular formula is C6H9FO3. The fraction of sp³-hybridized carbons (Fsp3) is 0.833. The highest BCUT2D eigenvalue weighted by Crippen LogP contribution is 2.26. The topological polar surface area (TPSA) is 35.5 Å². The van der Waals surface area contributed by atoms with E-state index < -0.39 is 24.5 Å². The van der Waals surface area contributed by atoms with Crippen molar-refractivity contribution in [3.05, 3.63) is 0 Å². The smallest absolute Gasteiger partial charge is 0.424 e. The number of cyclic esters (lactones) is 2. The number of ether oxygens (including phenoxy) is 2. The summed E-state index contributed by atoms with van der Waals surface area (Å²) in [6.07, 6.45) is -1.53. The molecule has 0 spiro atoms. The van der Waals surface area contributed by atoms with Crippen molar-refractivity contribution >= 4 is 6.16 Å². The van der Waals surface area contributed by atoms with Crippen molar-refractivity contribution in [2.75, 3.05) is 6.67 Å². The Labute approximate surface area is 58.1 Å². The van der Waals surface area contributed by atoms with Gasteiger partial charge in [-0.25, -0.2) is 9.18 Å². The predicted molar refractivity (Wildman–Crippen MR) is 31.4 cm³/mol. The third-order valence-corrected chi connectivity index (χ3v) is 1.50. The van der Waals surface area contributed by atoms with Crippen LogP contribution in [0.5, 0.6) is 0 Å². The highest BCUT2D eigenvalue weighted by molar-refractivity contribution is 5.63. The second-order valence-electron chi connectivity index (χ2n) is 2.72. The van der Waals surface area contributed by atoms with Crippen LogP contribution in [0.15, 0.2) is 0 Å². The van der Waals surface area contributed by atoms with Gasteiger partial charge in [0.15, 0.2) is 6.10 Å². The van der Waals surface area contributed by atoms with E-state index in [4.69, 9.17) is 0 Å². The molecule has 1 aliphatic rings. The van der Waals surface area contributed by atoms with Crippen LogP contribution in [0.25, 0.3) is 0 Å². The summed E-state index contributed by atoms with van der Waals surface area (Å²) >= 11 is 0. The van der Waals surface area contributed by atoms with Gasteiger partial charge in [0.05, 0.1) is 0 Å². The van der Waals surface area contributed by atoms with Crippen molar-refractivity contribution in [2.45, 2.75) is 25.6 Å². The fourth-order valence-electron chi connectivity index (χ4n) is 0.780. The Hall–Kier alpha value is -0.800. The van der Waals surface area contributed by atoms with E-state index in [0.29, 0.717) is 0 Å². The molecule has 0 N–H and O–H groups in total. The molecule has 1 heterocycles. The van der Waals surface area contributed by atoms with Crippen LogP contribution in [0.2, 0.25) is 0 Å². The van der Waals surface area contributed by atoms with Gasteiger partial charge in [-0.15, -0.1) is 0 Å². The van der Waals surface area contributed by atoms with Gasteiger partial charge in [0.1, 0.15) is 12.3 Å². The minimum absolute atomic E-state index is 0.696. The zero-order valence-electron chi connectivity index (χ0n) is 5.89. The number of carbonyl (C=O) groups is 1. The molecule has 0 amide bonds. The molecule has 1 saturated heterocycles. The molecule has 0 saturated carbocycles. The second kappa shape index (κ2) is 2.11. The third kappa shape index (κ3) is 1.05. The molecule has 1 fully saturated rings. The molecule has 0 aromatic rings. The number of hydrogen-bond donors (Lipinski definition) is 0. The highest BCUT2D eigenvalue weighted by atomic mass is 19.1. The highest BCUT2D eigenvalue weighted by Gasteiger charge is 2.43. The van der Waals surface area contributed by atoms with Gasteiger partial charge in [-0.2, -0.15) is 0 Å². The number of carbonyl (C=O) groups excluding carboxylic acids is 1. The summed E-state index contributed by atoms with van der Waals surface area (Å²) in [6, 6.07) is 0. The molecule has 0 aliphatic carbocycles. The summed E-state index contributed by atoms with van der Waals surface area (Å²) in [5.74, 6) is 0. The van der Waals surface area contributed by atoms with Gasteiger partial charge in [0, 0.05) is 0 Å². The van der Waals surface area contributed by atoms with Crippen LogP contribution in [0.3, 0.4) is 0 Å². The van der Waals surface area contributed by atoms with E-state index in [-0.39, 0.29) is 0 Å². The summed E-state index contributed by atoms with van der Waals surface area (Å²) in [4.78, 5) is 10.4. The lowest BCUT2D eigenvalue weighted by Gasteiger charge is -2.18. The molecule has 0 aromatic carbocycles. The summed E-state index contributed by atoms with van der Waals surface area (Å²) in [5.41, 5.74) is -0.814. The van der Waals surface area contributed by atoms with Crippen LogP contribution in [-0.2, 0) is 9.47 Å². The number of alkyl halides is 1. The van der Waals surface area contributed by atoms with E-state index in [1.807, 2.05) is 0 Å². The SMILES string of the molecule is CC1(C)OC(=O)OC1CF. The summed E-state index contributed by atoms with van der Waals surface area (Å²) in [5, 5.41) is 0. The minimum atomic E-state index is -0.814. The maximum absolute atomic E-state index is 12.0. The monoisotopic (exact) mass is 148 g/mol. The lowest BCUT2D eigenvalue weighted by Crippen LogP contribution is -2.34. The van der Waals surface area contributed by atoms with Crippen molar-refractivity contribution < 1.29 is 18.7 Å². The average Bonchev–Trinajstić information content (AvgIpc) is 2.04. The standard InChI is InChI=1S/C6H9FO3/c1-6(2)4(3-7)9-5(8)10-6/h4H,3H2,1-2H3. The Morgan fingerprint density at radius 2 is 2.30 bits per heavy atom. The predicted octanol–water partition coefficient (Wildman–Crippen LogP) is 1.27. The summed E-state index contributed by atoms with van der Waals surface area (Å²) < 4.78 is 21.2. The first-order valence-electron chi connectivity index (χ1n) is 3.02. The van der Waals surface area contributed by atoms with Gasteiger partial charge in [-0.3, -0.25) is 0 Å². The molecule has 0 radical (unpaired) electrons. The van der Waals surface area contributed by atoms with Crippen LogP contribution < -0.4 is 0 Å². The van der Waals surface area contributed by atoms with Crippen LogP contribution in [-0.4, -0.2) is 24.5 Å². The first-order chi connectivity index (χ1) is 4.56. The van der Waals surface area contributed by atoms with Crippen LogP contribution >= 0.6 is 0 Å². The van der Waals surface area contributed by atoms with Crippen molar-refractivity contribution in [1.29, 1.82) is 0 Å². The van der Waals surface area contributed by atoms with Gasteiger partial charge < -0.3 is 9.47 Å². The Balaban J connectivity index is 2.67. The second-order valence-corrected chi connectivity index (χ2v) is 2.72. The fourth-order valence-corrected chi connectivity index (χ4v) is 0.780. The van der Waals surface area contributed by atoms with Crippen LogP contribution in [0, 0.1) is 0 Å². The molecule has 3 nitrogen and oxygen atoms in total. The molecule has 0 aromatic heterocycles. The van der Waals surface area contributed by atoms with Gasteiger partial charge in [-0.05, 0) is 13.8 Å². The normalized spacial score (nSPS) is 29.5. The Morgan fingerprint density at radius 3 is 2.50 bits per heavy atom. The molecule has 10 heavy (non-hydrogen) atoms. The number of hydrogen-bond acceptors (Lipinski definition) is 3. The molecule has 1 atom stereocenters. The van der Waals surface area contributed by atoms with E-state index in [2.05, 4.69) is 9.47 Å². The van der Waals surface area contributed by atoms with Gasteiger partial charge in [-0.1, -0.05) is 0 Å². The van der Waals surface area contributed by atoms with Crippen molar-refractivity contribution in [2.24, 2.45) is 0 Å². The molecule has 1 aliphatic heterocycles. The van der Waals surface area contributed by atoms with Gasteiger partial charge >= 0.3 is 6.16 Å². The zero-order chi connectivity index (χ0) is 7.78. The van der Waals surface area contributed by atoms with Crippen LogP contribution in [0.4, 0.5) is 9.18 Å². The van der Waals surface area contributed by atoms with E-state index in [1.165, 1.54) is 0 Å². The van der Waals surface area contributed by atoms with Gasteiger partial charge in [0.25, 0.3) is 0 Å². The Kier molecular flexibility index (Phi) is 1.54. The number of rotatable bonds is 1. The Morgan fingerprint density at radius 1 is 1.70 bits per heavy atom. The molecule has 4 heteroatoms. The molecule has 1 rings (SSSR count). The number of halogens is 1. The molecular weight excluding hydrogens is 139 g/mol. The van der Waals surface area contributed by atoms with Crippen molar-refractivity contribution in [1.82, 2.24) is 0 Å². The third-order valence-electron chi connectivity index (χ3n) is 1.50. The molecule has 58 valence electrons. The van der Waals surface area contributed by atoms with Gasteiger partial charge in [0.2, 0.25) is 0 Å². The maximum Gasteiger partial charge on any atom is 0.509 e. The van der Waals surface area contributed by atoms with E-state index in [0.717, 1.165) is 0 Å². The van der Waals surface area contributed by atoms with E-state index in [1.54, 1.807) is 13.8 Å². The van der Waals surface area contributed by atoms with Crippen molar-refractivity contribution in [3.8, 4) is 0 Å². The van der Waals surface area contributed by atoms with E-state index in [9.17, 15) is 9.18 Å². The average molecular weight is 148 g/mol. The first-order valence-corrected chi connectivity index (χ1v) is 3.02. The molecule has 1 unspecified atom stereocenters. The lowest BCUT2D eigenvalue weighted by atomic mass is 10.0. The first kappa shape index (κ1) is 7.31. The maximum atomic E-state index is 12.0. The quantitative estimate of drug-likeness (QED) is 0.525. The summed E-state index contributed by atoms with van der Waals surface area (Å²) in [7, 11) is 0. The Bertz CT molecular complexity index is 155. The van der Waals surface area contributed by atoms with E-state index >= 15 is 0 Å². The largest absolute Gasteiger partial charge is 0.509 e.